The number of methoxy groups -OCH3 is 1. The first kappa shape index (κ1) is 21.5. The minimum atomic E-state index is -3.87. The largest absolute Gasteiger partial charge is 0.495 e. The predicted octanol–water partition coefficient (Wildman–Crippen LogP) is 4.17. The number of rotatable bonds is 6. The van der Waals surface area contributed by atoms with E-state index in [4.69, 9.17) is 9.26 Å². The van der Waals surface area contributed by atoms with Gasteiger partial charge in [-0.05, 0) is 57.9 Å². The SMILES string of the molecule is COc1cc(Br)ccc1-n1c(=O)ccc2cc(S(=O)(=O)N(PC)c3ccon3)ccc21. The summed E-state index contributed by atoms with van der Waals surface area (Å²) in [7, 11) is -2.43. The molecule has 2 aromatic heterocycles. The van der Waals surface area contributed by atoms with E-state index < -0.39 is 10.0 Å². The fraction of sp³-hybridized carbons (Fsp3) is 0.100. The number of sulfonamides is 1. The standard InChI is InChI=1S/C20H17BrN3O5PS/c1-28-18-12-14(21)4-6-17(18)23-16-7-5-15(11-13(16)3-8-20(23)25)31(26,27)24(30-2)19-9-10-29-22-19/h3-12,30H,1-2H3. The molecule has 0 saturated carbocycles. The summed E-state index contributed by atoms with van der Waals surface area (Å²) < 4.78 is 40.2. The molecule has 0 spiro atoms. The second kappa shape index (κ2) is 8.45. The van der Waals surface area contributed by atoms with Crippen molar-refractivity contribution >= 4 is 51.4 Å². The molecule has 0 saturated heterocycles. The van der Waals surface area contributed by atoms with Crippen LogP contribution in [0.25, 0.3) is 16.6 Å². The highest BCUT2D eigenvalue weighted by molar-refractivity contribution is 9.10. The molecule has 0 N–H and O–H groups in total. The Kier molecular flexibility index (Phi) is 5.88. The second-order valence-corrected chi connectivity index (χ2v) is 10.3. The molecule has 0 aliphatic carbocycles. The van der Waals surface area contributed by atoms with Crippen LogP contribution in [0.3, 0.4) is 0 Å². The van der Waals surface area contributed by atoms with Crippen LogP contribution in [0.1, 0.15) is 0 Å². The van der Waals surface area contributed by atoms with Gasteiger partial charge in [-0.1, -0.05) is 21.1 Å². The lowest BCUT2D eigenvalue weighted by Gasteiger charge is -2.20. The Morgan fingerprint density at radius 1 is 1.13 bits per heavy atom. The van der Waals surface area contributed by atoms with Gasteiger partial charge >= 0.3 is 0 Å². The van der Waals surface area contributed by atoms with E-state index in [1.165, 1.54) is 40.2 Å². The van der Waals surface area contributed by atoms with Gasteiger partial charge in [0.15, 0.2) is 5.82 Å². The van der Waals surface area contributed by atoms with Crippen LogP contribution in [0.15, 0.2) is 79.5 Å². The number of pyridine rings is 1. The molecule has 0 amide bonds. The van der Waals surface area contributed by atoms with E-state index in [1.54, 1.807) is 43.1 Å². The molecule has 4 aromatic rings. The quantitative estimate of drug-likeness (QED) is 0.353. The number of aromatic nitrogens is 2. The molecule has 0 fully saturated rings. The Morgan fingerprint density at radius 2 is 1.94 bits per heavy atom. The Bertz CT molecular complexity index is 1420. The van der Waals surface area contributed by atoms with Crippen molar-refractivity contribution in [2.45, 2.75) is 4.90 Å². The summed E-state index contributed by atoms with van der Waals surface area (Å²) in [6.45, 7) is 1.74. The van der Waals surface area contributed by atoms with Crippen LogP contribution < -0.4 is 14.4 Å². The van der Waals surface area contributed by atoms with Gasteiger partial charge in [0, 0.05) is 22.0 Å². The fourth-order valence-electron chi connectivity index (χ4n) is 3.24. The van der Waals surface area contributed by atoms with E-state index in [2.05, 4.69) is 21.1 Å². The zero-order valence-electron chi connectivity index (χ0n) is 16.4. The number of hydrogen-bond acceptors (Lipinski definition) is 6. The molecule has 1 unspecified atom stereocenters. The van der Waals surface area contributed by atoms with Gasteiger partial charge < -0.3 is 9.26 Å². The maximum Gasteiger partial charge on any atom is 0.268 e. The van der Waals surface area contributed by atoms with Crippen LogP contribution in [-0.2, 0) is 10.0 Å². The first-order valence-corrected chi connectivity index (χ1v) is 12.7. The first-order chi connectivity index (χ1) is 14.9. The van der Waals surface area contributed by atoms with Crippen molar-refractivity contribution in [1.29, 1.82) is 0 Å². The third kappa shape index (κ3) is 3.86. The molecule has 0 bridgehead atoms. The molecule has 0 radical (unpaired) electrons. The lowest BCUT2D eigenvalue weighted by atomic mass is 10.2. The lowest BCUT2D eigenvalue weighted by molar-refractivity contribution is 0.412. The third-order valence-corrected chi connectivity index (χ3v) is 8.54. The molecule has 2 aromatic carbocycles. The highest BCUT2D eigenvalue weighted by Crippen LogP contribution is 2.33. The van der Waals surface area contributed by atoms with Gasteiger partial charge in [0.25, 0.3) is 15.6 Å². The van der Waals surface area contributed by atoms with E-state index in [1.807, 2.05) is 0 Å². The van der Waals surface area contributed by atoms with E-state index in [9.17, 15) is 13.2 Å². The van der Waals surface area contributed by atoms with E-state index >= 15 is 0 Å². The smallest absolute Gasteiger partial charge is 0.268 e. The van der Waals surface area contributed by atoms with Crippen LogP contribution in [0.5, 0.6) is 5.75 Å². The zero-order chi connectivity index (χ0) is 22.2. The van der Waals surface area contributed by atoms with Crippen molar-refractivity contribution in [2.75, 3.05) is 17.9 Å². The van der Waals surface area contributed by atoms with Crippen molar-refractivity contribution in [2.24, 2.45) is 0 Å². The summed E-state index contributed by atoms with van der Waals surface area (Å²) in [5.74, 6) is 0.718. The van der Waals surface area contributed by atoms with Crippen molar-refractivity contribution in [3.05, 3.63) is 75.7 Å². The van der Waals surface area contributed by atoms with Crippen LogP contribution in [0.2, 0.25) is 0 Å². The van der Waals surface area contributed by atoms with Crippen LogP contribution >= 0.6 is 24.7 Å². The van der Waals surface area contributed by atoms with Crippen LogP contribution in [0.4, 0.5) is 5.82 Å². The Labute approximate surface area is 188 Å². The van der Waals surface area contributed by atoms with E-state index in [-0.39, 0.29) is 25.0 Å². The van der Waals surface area contributed by atoms with E-state index in [0.29, 0.717) is 22.3 Å². The minimum Gasteiger partial charge on any atom is -0.495 e. The molecular weight excluding hydrogens is 505 g/mol. The van der Waals surface area contributed by atoms with Gasteiger partial charge in [-0.2, -0.15) is 0 Å². The maximum absolute atomic E-state index is 13.2. The van der Waals surface area contributed by atoms with Crippen molar-refractivity contribution in [3.63, 3.8) is 0 Å². The molecule has 2 heterocycles. The average Bonchev–Trinajstić information content (AvgIpc) is 3.28. The van der Waals surface area contributed by atoms with Crippen LogP contribution in [0, 0.1) is 0 Å². The predicted molar refractivity (Wildman–Crippen MR) is 124 cm³/mol. The van der Waals surface area contributed by atoms with E-state index in [0.717, 1.165) is 4.47 Å². The van der Waals surface area contributed by atoms with Crippen molar-refractivity contribution < 1.29 is 17.7 Å². The third-order valence-electron chi connectivity index (χ3n) is 4.62. The number of fused-ring (bicyclic) bond motifs is 1. The summed E-state index contributed by atoms with van der Waals surface area (Å²) in [4.78, 5) is 12.8. The lowest BCUT2D eigenvalue weighted by Crippen LogP contribution is -2.23. The molecule has 11 heteroatoms. The Balaban J connectivity index is 1.90. The molecule has 31 heavy (non-hydrogen) atoms. The number of benzene rings is 2. The normalized spacial score (nSPS) is 12.0. The number of halogens is 1. The monoisotopic (exact) mass is 521 g/mol. The molecule has 0 aliphatic heterocycles. The summed E-state index contributed by atoms with van der Waals surface area (Å²) in [6.07, 6.45) is 1.32. The Morgan fingerprint density at radius 3 is 2.61 bits per heavy atom. The highest BCUT2D eigenvalue weighted by atomic mass is 79.9. The van der Waals surface area contributed by atoms with Gasteiger partial charge in [-0.25, -0.2) is 12.5 Å². The van der Waals surface area contributed by atoms with Gasteiger partial charge in [-0.15, -0.1) is 0 Å². The van der Waals surface area contributed by atoms with Crippen LogP contribution in [-0.4, -0.2) is 31.9 Å². The number of ether oxygens (including phenoxy) is 1. The first-order valence-electron chi connectivity index (χ1n) is 8.99. The molecule has 0 aliphatic rings. The van der Waals surface area contributed by atoms with Gasteiger partial charge in [0.2, 0.25) is 0 Å². The Hall–Kier alpha value is -2.68. The minimum absolute atomic E-state index is 0.0860. The maximum atomic E-state index is 13.2. The highest BCUT2D eigenvalue weighted by Gasteiger charge is 2.26. The molecule has 4 rings (SSSR count). The summed E-state index contributed by atoms with van der Waals surface area (Å²) in [5.41, 5.74) is 0.846. The average molecular weight is 522 g/mol. The molecular formula is C20H17BrN3O5PS. The summed E-state index contributed by atoms with van der Waals surface area (Å²) >= 11 is 3.40. The molecule has 1 atom stereocenters. The molecule has 160 valence electrons. The second-order valence-electron chi connectivity index (χ2n) is 6.39. The van der Waals surface area contributed by atoms with Gasteiger partial charge in [0.05, 0.1) is 23.2 Å². The number of hydrogen-bond donors (Lipinski definition) is 0. The van der Waals surface area contributed by atoms with Crippen molar-refractivity contribution in [3.8, 4) is 11.4 Å². The number of nitrogens with zero attached hydrogens (tertiary/aromatic N) is 3. The van der Waals surface area contributed by atoms with Gasteiger partial charge in [-0.3, -0.25) is 9.36 Å². The zero-order valence-corrected chi connectivity index (χ0v) is 19.8. The topological polar surface area (TPSA) is 94.6 Å². The van der Waals surface area contributed by atoms with Crippen molar-refractivity contribution in [1.82, 2.24) is 9.72 Å². The number of anilines is 1. The molecule has 8 nitrogen and oxygen atoms in total. The summed E-state index contributed by atoms with van der Waals surface area (Å²) in [6, 6.07) is 14.5. The fourth-order valence-corrected chi connectivity index (χ4v) is 6.27. The summed E-state index contributed by atoms with van der Waals surface area (Å²) in [5, 5.41) is 4.34. The van der Waals surface area contributed by atoms with Gasteiger partial charge in [0.1, 0.15) is 12.0 Å².